The van der Waals surface area contributed by atoms with E-state index in [-0.39, 0.29) is 12.2 Å². The lowest BCUT2D eigenvalue weighted by Crippen LogP contribution is -2.39. The molecule has 214 valence electrons. The highest BCUT2D eigenvalue weighted by Gasteiger charge is 2.25. The van der Waals surface area contributed by atoms with Gasteiger partial charge in [0.05, 0.1) is 6.04 Å². The molecule has 9 rings (SSSR count). The molecule has 0 spiro atoms. The maximum atomic E-state index is 6.15. The van der Waals surface area contributed by atoms with Gasteiger partial charge in [-0.25, -0.2) is 0 Å². The standard InChI is InChI=1S/C42H30N2O/c1-2-9-29(10-3-1)42-43-38(27-17-19-28(20-18-27)41-25-33-13-6-7-16-40(33)45-41)26-39(44-42)36-15-8-14-34-35(36)22-21-32-23-30-11-4-5-12-31(30)24-37(32)34/h1-26,38,42-44H. The zero-order valence-electron chi connectivity index (χ0n) is 24.6. The predicted octanol–water partition coefficient (Wildman–Crippen LogP) is 10.5. The van der Waals surface area contributed by atoms with Crippen LogP contribution in [0.4, 0.5) is 0 Å². The highest BCUT2D eigenvalue weighted by Crippen LogP contribution is 2.37. The number of furan rings is 1. The van der Waals surface area contributed by atoms with Crippen molar-refractivity contribution in [1.82, 2.24) is 10.6 Å². The second-order valence-corrected chi connectivity index (χ2v) is 11.9. The summed E-state index contributed by atoms with van der Waals surface area (Å²) in [6.07, 6.45) is 2.28. The van der Waals surface area contributed by atoms with Crippen molar-refractivity contribution in [2.24, 2.45) is 0 Å². The van der Waals surface area contributed by atoms with Gasteiger partial charge in [0.25, 0.3) is 0 Å². The van der Waals surface area contributed by atoms with Gasteiger partial charge >= 0.3 is 0 Å². The molecule has 2 atom stereocenters. The van der Waals surface area contributed by atoms with Gasteiger partial charge in [0.2, 0.25) is 0 Å². The molecule has 3 heteroatoms. The third-order valence-electron chi connectivity index (χ3n) is 9.13. The highest BCUT2D eigenvalue weighted by atomic mass is 16.3. The molecule has 1 aliphatic rings. The molecule has 1 aromatic heterocycles. The quantitative estimate of drug-likeness (QED) is 0.161. The molecular weight excluding hydrogens is 548 g/mol. The van der Waals surface area contributed by atoms with Crippen LogP contribution in [0.3, 0.4) is 0 Å². The summed E-state index contributed by atoms with van der Waals surface area (Å²) in [5, 5.41) is 16.4. The number of benzene rings is 7. The number of rotatable bonds is 4. The molecule has 0 bridgehead atoms. The lowest BCUT2D eigenvalue weighted by atomic mass is 9.92. The Kier molecular flexibility index (Phi) is 6.03. The summed E-state index contributed by atoms with van der Waals surface area (Å²) in [7, 11) is 0. The largest absolute Gasteiger partial charge is 0.456 e. The molecule has 0 radical (unpaired) electrons. The molecule has 1 aliphatic heterocycles. The van der Waals surface area contributed by atoms with Crippen molar-refractivity contribution in [1.29, 1.82) is 0 Å². The summed E-state index contributed by atoms with van der Waals surface area (Å²) < 4.78 is 6.15. The first-order chi connectivity index (χ1) is 22.3. The van der Waals surface area contributed by atoms with Crippen LogP contribution in [0.1, 0.15) is 28.9 Å². The average Bonchev–Trinajstić information content (AvgIpc) is 3.55. The predicted molar refractivity (Wildman–Crippen MR) is 187 cm³/mol. The second kappa shape index (κ2) is 10.5. The first-order valence-corrected chi connectivity index (χ1v) is 15.5. The Morgan fingerprint density at radius 1 is 0.489 bits per heavy atom. The lowest BCUT2D eigenvalue weighted by molar-refractivity contribution is 0.443. The van der Waals surface area contributed by atoms with Crippen molar-refractivity contribution < 1.29 is 4.42 Å². The summed E-state index contributed by atoms with van der Waals surface area (Å²) in [4.78, 5) is 0. The fourth-order valence-corrected chi connectivity index (χ4v) is 6.82. The van der Waals surface area contributed by atoms with E-state index in [9.17, 15) is 0 Å². The molecule has 8 aromatic rings. The van der Waals surface area contributed by atoms with E-state index in [4.69, 9.17) is 4.42 Å². The van der Waals surface area contributed by atoms with Crippen molar-refractivity contribution >= 4 is 49.0 Å². The molecular formula is C42H30N2O. The Labute approximate surface area is 261 Å². The van der Waals surface area contributed by atoms with Gasteiger partial charge in [0, 0.05) is 22.2 Å². The van der Waals surface area contributed by atoms with E-state index in [1.807, 2.05) is 18.2 Å². The van der Waals surface area contributed by atoms with Gasteiger partial charge in [-0.05, 0) is 73.8 Å². The lowest BCUT2D eigenvalue weighted by Gasteiger charge is -2.33. The Hall–Kier alpha value is -5.64. The SMILES string of the molecule is C1=C(c2cccc3c2ccc2cc4ccccc4cc23)NC(c2ccccc2)NC1c1ccc(-c2cc3ccccc3o2)cc1. The fraction of sp³-hybridized carbons (Fsp3) is 0.0476. The van der Waals surface area contributed by atoms with Crippen LogP contribution in [0.5, 0.6) is 0 Å². The topological polar surface area (TPSA) is 37.2 Å². The zero-order valence-corrected chi connectivity index (χ0v) is 24.6. The molecule has 2 N–H and O–H groups in total. The Balaban J connectivity index is 1.14. The van der Waals surface area contributed by atoms with Gasteiger partial charge in [-0.1, -0.05) is 127 Å². The minimum atomic E-state index is -0.0501. The van der Waals surface area contributed by atoms with Gasteiger partial charge in [-0.3, -0.25) is 5.32 Å². The van der Waals surface area contributed by atoms with Crippen molar-refractivity contribution in [3.05, 3.63) is 174 Å². The molecule has 45 heavy (non-hydrogen) atoms. The third-order valence-corrected chi connectivity index (χ3v) is 9.13. The molecule has 2 unspecified atom stereocenters. The van der Waals surface area contributed by atoms with Crippen molar-refractivity contribution in [2.45, 2.75) is 12.2 Å². The Morgan fingerprint density at radius 3 is 2.07 bits per heavy atom. The van der Waals surface area contributed by atoms with Gasteiger partial charge in [-0.15, -0.1) is 0 Å². The van der Waals surface area contributed by atoms with E-state index < -0.39 is 0 Å². The van der Waals surface area contributed by atoms with E-state index >= 15 is 0 Å². The second-order valence-electron chi connectivity index (χ2n) is 11.9. The summed E-state index contributed by atoms with van der Waals surface area (Å²) in [5.41, 5.74) is 6.71. The molecule has 0 fully saturated rings. The van der Waals surface area contributed by atoms with Crippen LogP contribution in [0, 0.1) is 0 Å². The summed E-state index contributed by atoms with van der Waals surface area (Å²) in [6.45, 7) is 0. The van der Waals surface area contributed by atoms with E-state index in [0.717, 1.165) is 28.0 Å². The van der Waals surface area contributed by atoms with Crippen molar-refractivity contribution in [2.75, 3.05) is 0 Å². The molecule has 0 aliphatic carbocycles. The average molecular weight is 579 g/mol. The van der Waals surface area contributed by atoms with Crippen LogP contribution >= 0.6 is 0 Å². The summed E-state index contributed by atoms with van der Waals surface area (Å²) in [6, 6.07) is 54.1. The highest BCUT2D eigenvalue weighted by molar-refractivity contribution is 6.14. The van der Waals surface area contributed by atoms with Crippen LogP contribution in [0.15, 0.2) is 162 Å². The van der Waals surface area contributed by atoms with Crippen LogP contribution in [-0.4, -0.2) is 0 Å². The minimum Gasteiger partial charge on any atom is -0.456 e. The first kappa shape index (κ1) is 25.8. The number of nitrogens with one attached hydrogen (secondary N) is 2. The van der Waals surface area contributed by atoms with Crippen molar-refractivity contribution in [3.63, 3.8) is 0 Å². The first-order valence-electron chi connectivity index (χ1n) is 15.5. The van der Waals surface area contributed by atoms with Crippen LogP contribution in [-0.2, 0) is 0 Å². The van der Waals surface area contributed by atoms with E-state index in [2.05, 4.69) is 150 Å². The number of fused-ring (bicyclic) bond motifs is 5. The van der Waals surface area contributed by atoms with E-state index in [1.165, 1.54) is 49.0 Å². The smallest absolute Gasteiger partial charge is 0.135 e. The number of hydrogen-bond acceptors (Lipinski definition) is 3. The third kappa shape index (κ3) is 4.57. The fourth-order valence-electron chi connectivity index (χ4n) is 6.82. The van der Waals surface area contributed by atoms with Crippen LogP contribution < -0.4 is 10.6 Å². The van der Waals surface area contributed by atoms with Gasteiger partial charge in [0.15, 0.2) is 0 Å². The minimum absolute atomic E-state index is 0.0100. The molecule has 0 saturated heterocycles. The van der Waals surface area contributed by atoms with Gasteiger partial charge in [0.1, 0.15) is 17.5 Å². The van der Waals surface area contributed by atoms with Gasteiger partial charge < -0.3 is 9.73 Å². The van der Waals surface area contributed by atoms with Gasteiger partial charge in [-0.2, -0.15) is 0 Å². The summed E-state index contributed by atoms with van der Waals surface area (Å²) >= 11 is 0. The van der Waals surface area contributed by atoms with E-state index in [1.54, 1.807) is 0 Å². The normalized spacial score (nSPS) is 16.7. The summed E-state index contributed by atoms with van der Waals surface area (Å²) in [5.74, 6) is 0.884. The van der Waals surface area contributed by atoms with E-state index in [0.29, 0.717) is 0 Å². The molecule has 3 nitrogen and oxygen atoms in total. The Bertz CT molecular complexity index is 2350. The molecule has 0 amide bonds. The Morgan fingerprint density at radius 2 is 1.24 bits per heavy atom. The number of hydrogen-bond donors (Lipinski definition) is 2. The van der Waals surface area contributed by atoms with Crippen molar-refractivity contribution in [3.8, 4) is 11.3 Å². The maximum Gasteiger partial charge on any atom is 0.135 e. The zero-order chi connectivity index (χ0) is 29.7. The number of para-hydroxylation sites is 1. The molecule has 7 aromatic carbocycles. The maximum absolute atomic E-state index is 6.15. The van der Waals surface area contributed by atoms with Crippen LogP contribution in [0.2, 0.25) is 0 Å². The monoisotopic (exact) mass is 578 g/mol. The molecule has 2 heterocycles. The van der Waals surface area contributed by atoms with Crippen LogP contribution in [0.25, 0.3) is 60.3 Å². The molecule has 0 saturated carbocycles.